The number of nitrogens with zero attached hydrogens (tertiary/aromatic N) is 2. The monoisotopic (exact) mass is 565 g/mol. The Labute approximate surface area is 238 Å². The van der Waals surface area contributed by atoms with E-state index in [4.69, 9.17) is 4.74 Å². The molecule has 0 aliphatic rings. The minimum absolute atomic E-state index is 0.0532. The largest absolute Gasteiger partial charge is 0.497 e. The number of hydrogen-bond donors (Lipinski definition) is 1. The van der Waals surface area contributed by atoms with Crippen LogP contribution in [-0.2, 0) is 26.2 Å². The van der Waals surface area contributed by atoms with Crippen molar-refractivity contribution in [3.8, 4) is 5.75 Å². The van der Waals surface area contributed by atoms with Crippen LogP contribution in [0.2, 0.25) is 0 Å². The molecule has 1 unspecified atom stereocenters. The summed E-state index contributed by atoms with van der Waals surface area (Å²) < 4.78 is 34.1. The number of benzene rings is 3. The number of carbonyl (C=O) groups is 2. The Morgan fingerprint density at radius 1 is 0.950 bits per heavy atom. The molecular formula is C31H39N3O5S. The van der Waals surface area contributed by atoms with Crippen molar-refractivity contribution >= 4 is 27.5 Å². The van der Waals surface area contributed by atoms with Crippen LogP contribution in [0.4, 0.5) is 5.69 Å². The number of anilines is 1. The number of carbonyl (C=O) groups excluding carboxylic acids is 2. The summed E-state index contributed by atoms with van der Waals surface area (Å²) in [6.07, 6.45) is 0.367. The van der Waals surface area contributed by atoms with Crippen molar-refractivity contribution in [1.29, 1.82) is 0 Å². The summed E-state index contributed by atoms with van der Waals surface area (Å²) in [5, 5.41) is 2.94. The molecule has 2 amide bonds. The normalized spacial score (nSPS) is 12.1. The molecule has 0 radical (unpaired) electrons. The molecule has 214 valence electrons. The third-order valence-electron chi connectivity index (χ3n) is 6.50. The van der Waals surface area contributed by atoms with Crippen molar-refractivity contribution < 1.29 is 22.7 Å². The highest BCUT2D eigenvalue weighted by atomic mass is 32.2. The first kappa shape index (κ1) is 30.7. The summed E-state index contributed by atoms with van der Waals surface area (Å²) in [6, 6.07) is 21.5. The van der Waals surface area contributed by atoms with Gasteiger partial charge in [-0.05, 0) is 49.1 Å². The van der Waals surface area contributed by atoms with E-state index >= 15 is 0 Å². The van der Waals surface area contributed by atoms with E-state index in [9.17, 15) is 18.0 Å². The molecule has 0 bridgehead atoms. The quantitative estimate of drug-likeness (QED) is 0.322. The molecule has 0 saturated carbocycles. The number of ether oxygens (including phenoxy) is 1. The highest BCUT2D eigenvalue weighted by Crippen LogP contribution is 2.27. The van der Waals surface area contributed by atoms with Gasteiger partial charge in [-0.25, -0.2) is 8.42 Å². The fraction of sp³-hybridized carbons (Fsp3) is 0.355. The van der Waals surface area contributed by atoms with Gasteiger partial charge >= 0.3 is 0 Å². The molecule has 3 aromatic rings. The zero-order chi connectivity index (χ0) is 29.3. The zero-order valence-corrected chi connectivity index (χ0v) is 24.6. The van der Waals surface area contributed by atoms with Crippen molar-refractivity contribution in [3.05, 3.63) is 90.0 Å². The van der Waals surface area contributed by atoms with Crippen molar-refractivity contribution in [2.75, 3.05) is 24.5 Å². The average molecular weight is 566 g/mol. The highest BCUT2D eigenvalue weighted by molar-refractivity contribution is 7.92. The molecule has 0 spiro atoms. The van der Waals surface area contributed by atoms with Crippen molar-refractivity contribution in [3.63, 3.8) is 0 Å². The molecule has 3 aromatic carbocycles. The van der Waals surface area contributed by atoms with E-state index < -0.39 is 28.5 Å². The van der Waals surface area contributed by atoms with E-state index in [1.54, 1.807) is 42.5 Å². The van der Waals surface area contributed by atoms with Crippen molar-refractivity contribution in [2.45, 2.75) is 51.6 Å². The maximum absolute atomic E-state index is 14.1. The standard InChI is InChI=1S/C31H39N3O5S/c1-6-29(31(36)32-20-23(2)3)33(21-25-17-15-24(4)16-18-25)30(35)22-34(26-11-10-12-27(19-26)39-5)40(37,38)28-13-8-7-9-14-28/h7-19,23,29H,6,20-22H2,1-5H3,(H,32,36). The number of nitrogens with one attached hydrogen (secondary N) is 1. The van der Waals surface area contributed by atoms with E-state index in [0.29, 0.717) is 18.7 Å². The van der Waals surface area contributed by atoms with Gasteiger partial charge in [-0.3, -0.25) is 13.9 Å². The lowest BCUT2D eigenvalue weighted by Gasteiger charge is -2.33. The topological polar surface area (TPSA) is 96.0 Å². The molecule has 9 heteroatoms. The second kappa shape index (κ2) is 14.0. The van der Waals surface area contributed by atoms with Gasteiger partial charge in [0.2, 0.25) is 11.8 Å². The van der Waals surface area contributed by atoms with Crippen LogP contribution in [0.5, 0.6) is 5.75 Å². The number of methoxy groups -OCH3 is 1. The molecule has 0 saturated heterocycles. The molecule has 1 N–H and O–H groups in total. The molecule has 1 atom stereocenters. The van der Waals surface area contributed by atoms with Gasteiger partial charge in [0.25, 0.3) is 10.0 Å². The second-order valence-electron chi connectivity index (χ2n) is 10.1. The molecule has 0 heterocycles. The first-order valence-corrected chi connectivity index (χ1v) is 14.8. The van der Waals surface area contributed by atoms with Gasteiger partial charge in [0.15, 0.2) is 0 Å². The minimum Gasteiger partial charge on any atom is -0.497 e. The molecule has 40 heavy (non-hydrogen) atoms. The van der Waals surface area contributed by atoms with Crippen LogP contribution < -0.4 is 14.4 Å². The molecular weight excluding hydrogens is 526 g/mol. The molecule has 3 rings (SSSR count). The Morgan fingerprint density at radius 3 is 2.23 bits per heavy atom. The lowest BCUT2D eigenvalue weighted by atomic mass is 10.1. The number of aryl methyl sites for hydroxylation is 1. The minimum atomic E-state index is -4.13. The van der Waals surface area contributed by atoms with Crippen LogP contribution >= 0.6 is 0 Å². The maximum Gasteiger partial charge on any atom is 0.264 e. The summed E-state index contributed by atoms with van der Waals surface area (Å²) in [7, 11) is -2.64. The average Bonchev–Trinajstić information content (AvgIpc) is 2.95. The van der Waals surface area contributed by atoms with Crippen LogP contribution in [0.15, 0.2) is 83.8 Å². The smallest absolute Gasteiger partial charge is 0.264 e. The summed E-state index contributed by atoms with van der Waals surface area (Å²) in [6.45, 7) is 7.94. The van der Waals surface area contributed by atoms with E-state index in [1.807, 2.05) is 52.0 Å². The van der Waals surface area contributed by atoms with Crippen LogP contribution in [0.25, 0.3) is 0 Å². The number of hydrogen-bond acceptors (Lipinski definition) is 5. The third-order valence-corrected chi connectivity index (χ3v) is 8.28. The Hall–Kier alpha value is -3.85. The second-order valence-corrected chi connectivity index (χ2v) is 12.0. The van der Waals surface area contributed by atoms with E-state index in [0.717, 1.165) is 15.4 Å². The maximum atomic E-state index is 14.1. The van der Waals surface area contributed by atoms with Gasteiger partial charge in [-0.2, -0.15) is 0 Å². The predicted octanol–water partition coefficient (Wildman–Crippen LogP) is 4.78. The Kier molecular flexibility index (Phi) is 10.7. The van der Waals surface area contributed by atoms with Gasteiger partial charge < -0.3 is 15.0 Å². The SMILES string of the molecule is CCC(C(=O)NCC(C)C)N(Cc1ccc(C)cc1)C(=O)CN(c1cccc(OC)c1)S(=O)(=O)c1ccccc1. The van der Waals surface area contributed by atoms with Crippen LogP contribution in [0, 0.1) is 12.8 Å². The zero-order valence-electron chi connectivity index (χ0n) is 23.8. The van der Waals surface area contributed by atoms with Gasteiger partial charge in [0, 0.05) is 19.2 Å². The lowest BCUT2D eigenvalue weighted by Crippen LogP contribution is -2.52. The highest BCUT2D eigenvalue weighted by Gasteiger charge is 2.33. The van der Waals surface area contributed by atoms with Crippen molar-refractivity contribution in [2.24, 2.45) is 5.92 Å². The summed E-state index contributed by atoms with van der Waals surface area (Å²) >= 11 is 0. The fourth-order valence-corrected chi connectivity index (χ4v) is 5.67. The predicted molar refractivity (Wildman–Crippen MR) is 158 cm³/mol. The van der Waals surface area contributed by atoms with E-state index in [2.05, 4.69) is 5.32 Å². The summed E-state index contributed by atoms with van der Waals surface area (Å²) in [5.41, 5.74) is 2.19. The summed E-state index contributed by atoms with van der Waals surface area (Å²) in [4.78, 5) is 28.9. The number of sulfonamides is 1. The van der Waals surface area contributed by atoms with Gasteiger partial charge in [-0.15, -0.1) is 0 Å². The first-order chi connectivity index (χ1) is 19.1. The van der Waals surface area contributed by atoms with Crippen LogP contribution in [0.1, 0.15) is 38.3 Å². The third kappa shape index (κ3) is 7.85. The van der Waals surface area contributed by atoms with Crippen molar-refractivity contribution in [1.82, 2.24) is 10.2 Å². The van der Waals surface area contributed by atoms with Crippen LogP contribution in [0.3, 0.4) is 0 Å². The van der Waals surface area contributed by atoms with Gasteiger partial charge in [0.1, 0.15) is 18.3 Å². The van der Waals surface area contributed by atoms with E-state index in [1.165, 1.54) is 24.1 Å². The lowest BCUT2D eigenvalue weighted by molar-refractivity contribution is -0.140. The first-order valence-electron chi connectivity index (χ1n) is 13.4. The molecule has 0 aromatic heterocycles. The van der Waals surface area contributed by atoms with Gasteiger partial charge in [0.05, 0.1) is 17.7 Å². The number of rotatable bonds is 13. The molecule has 0 fully saturated rings. The fourth-order valence-electron chi connectivity index (χ4n) is 4.25. The molecule has 8 nitrogen and oxygen atoms in total. The molecule has 0 aliphatic carbocycles. The van der Waals surface area contributed by atoms with E-state index in [-0.39, 0.29) is 29.0 Å². The van der Waals surface area contributed by atoms with Crippen LogP contribution in [-0.4, -0.2) is 51.4 Å². The summed E-state index contributed by atoms with van der Waals surface area (Å²) in [5.74, 6) is -0.0681. The molecule has 0 aliphatic heterocycles. The number of amides is 2. The Bertz CT molecular complexity index is 1380. The Morgan fingerprint density at radius 2 is 1.62 bits per heavy atom. The Balaban J connectivity index is 2.05. The van der Waals surface area contributed by atoms with Gasteiger partial charge in [-0.1, -0.05) is 74.9 Å².